The Morgan fingerprint density at radius 3 is 2.85 bits per heavy atom. The number of hydrogen-bond donors (Lipinski definition) is 1. The Hall–Kier alpha value is -0.600. The lowest BCUT2D eigenvalue weighted by molar-refractivity contribution is 1.19. The Morgan fingerprint density at radius 1 is 1.54 bits per heavy atom. The highest BCUT2D eigenvalue weighted by Crippen LogP contribution is 2.21. The molecule has 0 saturated carbocycles. The highest BCUT2D eigenvalue weighted by molar-refractivity contribution is 9.10. The Kier molecular flexibility index (Phi) is 4.19. The zero-order chi connectivity index (χ0) is 9.68. The van der Waals surface area contributed by atoms with E-state index in [4.69, 9.17) is 5.73 Å². The van der Waals surface area contributed by atoms with Gasteiger partial charge in [0.2, 0.25) is 0 Å². The van der Waals surface area contributed by atoms with Crippen molar-refractivity contribution in [1.29, 1.82) is 0 Å². The van der Waals surface area contributed by atoms with Crippen LogP contribution in [0.2, 0.25) is 0 Å². The monoisotopic (exact) mass is 239 g/mol. The topological polar surface area (TPSA) is 26.0 Å². The standard InChI is InChI=1S/C11H14BrN/c1-2-9(6-7-13)10-4-3-5-11(12)8-10/h3-6,8H,2,7,13H2,1H3/b9-6-. The molecule has 0 saturated heterocycles. The van der Waals surface area contributed by atoms with Gasteiger partial charge in [0.05, 0.1) is 0 Å². The van der Waals surface area contributed by atoms with Gasteiger partial charge in [0.1, 0.15) is 0 Å². The zero-order valence-electron chi connectivity index (χ0n) is 7.76. The summed E-state index contributed by atoms with van der Waals surface area (Å²) >= 11 is 3.45. The summed E-state index contributed by atoms with van der Waals surface area (Å²) in [5.41, 5.74) is 8.05. The molecule has 0 heterocycles. The van der Waals surface area contributed by atoms with E-state index in [0.717, 1.165) is 10.9 Å². The molecule has 2 N–H and O–H groups in total. The maximum atomic E-state index is 5.49. The first-order valence-corrected chi connectivity index (χ1v) is 5.22. The maximum absolute atomic E-state index is 5.49. The van der Waals surface area contributed by atoms with Crippen LogP contribution >= 0.6 is 15.9 Å². The SMILES string of the molecule is CC/C(=C/CN)c1cccc(Br)c1. The minimum atomic E-state index is 0.607. The Morgan fingerprint density at radius 2 is 2.31 bits per heavy atom. The molecule has 0 aliphatic rings. The molecule has 0 amide bonds. The lowest BCUT2D eigenvalue weighted by Crippen LogP contribution is -1.95. The average Bonchev–Trinajstić information content (AvgIpc) is 2.14. The zero-order valence-corrected chi connectivity index (χ0v) is 9.34. The van der Waals surface area contributed by atoms with Gasteiger partial charge in [-0.1, -0.05) is 41.1 Å². The molecule has 1 nitrogen and oxygen atoms in total. The molecule has 0 spiro atoms. The van der Waals surface area contributed by atoms with Crippen LogP contribution in [0.25, 0.3) is 5.57 Å². The molecule has 13 heavy (non-hydrogen) atoms. The van der Waals surface area contributed by atoms with Crippen LogP contribution in [0.15, 0.2) is 34.8 Å². The van der Waals surface area contributed by atoms with Gasteiger partial charge in [0, 0.05) is 11.0 Å². The Bertz CT molecular complexity index is 305. The second kappa shape index (κ2) is 5.20. The molecule has 0 radical (unpaired) electrons. The van der Waals surface area contributed by atoms with Crippen molar-refractivity contribution in [2.45, 2.75) is 13.3 Å². The first kappa shape index (κ1) is 10.5. The van der Waals surface area contributed by atoms with Gasteiger partial charge in [-0.2, -0.15) is 0 Å². The number of halogens is 1. The predicted octanol–water partition coefficient (Wildman–Crippen LogP) is 3.20. The van der Waals surface area contributed by atoms with Gasteiger partial charge in [-0.25, -0.2) is 0 Å². The largest absolute Gasteiger partial charge is 0.327 e. The van der Waals surface area contributed by atoms with Crippen molar-refractivity contribution in [3.8, 4) is 0 Å². The first-order valence-electron chi connectivity index (χ1n) is 4.43. The third kappa shape index (κ3) is 2.98. The molecule has 70 valence electrons. The fourth-order valence-corrected chi connectivity index (χ4v) is 1.70. The molecule has 0 unspecified atom stereocenters. The van der Waals surface area contributed by atoms with Crippen molar-refractivity contribution in [2.24, 2.45) is 5.73 Å². The van der Waals surface area contributed by atoms with Gasteiger partial charge in [-0.05, 0) is 29.7 Å². The molecular formula is C11H14BrN. The quantitative estimate of drug-likeness (QED) is 0.862. The number of nitrogens with two attached hydrogens (primary N) is 1. The first-order chi connectivity index (χ1) is 6.27. The third-order valence-corrected chi connectivity index (χ3v) is 2.43. The number of benzene rings is 1. The molecule has 0 aromatic heterocycles. The second-order valence-electron chi connectivity index (χ2n) is 2.83. The van der Waals surface area contributed by atoms with Crippen LogP contribution in [0, 0.1) is 0 Å². The molecule has 1 aromatic carbocycles. The van der Waals surface area contributed by atoms with Crippen molar-refractivity contribution in [3.63, 3.8) is 0 Å². The fraction of sp³-hybridized carbons (Fsp3) is 0.273. The highest BCUT2D eigenvalue weighted by atomic mass is 79.9. The normalized spacial score (nSPS) is 11.8. The minimum Gasteiger partial charge on any atom is -0.327 e. The lowest BCUT2D eigenvalue weighted by Gasteiger charge is -2.04. The smallest absolute Gasteiger partial charge is 0.0181 e. The summed E-state index contributed by atoms with van der Waals surface area (Å²) in [6.07, 6.45) is 3.09. The summed E-state index contributed by atoms with van der Waals surface area (Å²) in [5.74, 6) is 0. The highest BCUT2D eigenvalue weighted by Gasteiger charge is 1.98. The van der Waals surface area contributed by atoms with Gasteiger partial charge in [0.25, 0.3) is 0 Å². The van der Waals surface area contributed by atoms with Crippen molar-refractivity contribution in [3.05, 3.63) is 40.4 Å². The van der Waals surface area contributed by atoms with Crippen molar-refractivity contribution in [2.75, 3.05) is 6.54 Å². The third-order valence-electron chi connectivity index (χ3n) is 1.94. The number of rotatable bonds is 3. The molecule has 1 rings (SSSR count). The minimum absolute atomic E-state index is 0.607. The fourth-order valence-electron chi connectivity index (χ4n) is 1.30. The van der Waals surface area contributed by atoms with E-state index in [-0.39, 0.29) is 0 Å². The van der Waals surface area contributed by atoms with Gasteiger partial charge in [-0.3, -0.25) is 0 Å². The molecule has 0 fully saturated rings. The van der Waals surface area contributed by atoms with E-state index in [0.29, 0.717) is 6.54 Å². The second-order valence-corrected chi connectivity index (χ2v) is 3.74. The van der Waals surface area contributed by atoms with Gasteiger partial charge in [-0.15, -0.1) is 0 Å². The average molecular weight is 240 g/mol. The summed E-state index contributed by atoms with van der Waals surface area (Å²) < 4.78 is 1.11. The molecule has 2 heteroatoms. The number of hydrogen-bond acceptors (Lipinski definition) is 1. The van der Waals surface area contributed by atoms with Crippen LogP contribution in [-0.2, 0) is 0 Å². The van der Waals surface area contributed by atoms with Crippen LogP contribution in [0.5, 0.6) is 0 Å². The Balaban J connectivity index is 2.98. The summed E-state index contributed by atoms with van der Waals surface area (Å²) in [4.78, 5) is 0. The summed E-state index contributed by atoms with van der Waals surface area (Å²) in [6, 6.07) is 8.29. The molecular weight excluding hydrogens is 226 g/mol. The predicted molar refractivity (Wildman–Crippen MR) is 61.5 cm³/mol. The molecule has 0 aliphatic heterocycles. The van der Waals surface area contributed by atoms with Crippen LogP contribution in [-0.4, -0.2) is 6.54 Å². The van der Waals surface area contributed by atoms with E-state index in [1.807, 2.05) is 12.1 Å². The summed E-state index contributed by atoms with van der Waals surface area (Å²) in [5, 5.41) is 0. The van der Waals surface area contributed by atoms with Crippen molar-refractivity contribution in [1.82, 2.24) is 0 Å². The van der Waals surface area contributed by atoms with Crippen LogP contribution in [0.4, 0.5) is 0 Å². The van der Waals surface area contributed by atoms with E-state index >= 15 is 0 Å². The van der Waals surface area contributed by atoms with E-state index in [1.54, 1.807) is 0 Å². The Labute approximate surface area is 87.8 Å². The van der Waals surface area contributed by atoms with Gasteiger partial charge in [0.15, 0.2) is 0 Å². The van der Waals surface area contributed by atoms with Crippen molar-refractivity contribution >= 4 is 21.5 Å². The van der Waals surface area contributed by atoms with E-state index in [2.05, 4.69) is 41.1 Å². The molecule has 0 bridgehead atoms. The molecule has 1 aromatic rings. The van der Waals surface area contributed by atoms with Crippen LogP contribution in [0.1, 0.15) is 18.9 Å². The van der Waals surface area contributed by atoms with E-state index in [1.165, 1.54) is 11.1 Å². The number of allylic oxidation sites excluding steroid dienone is 1. The van der Waals surface area contributed by atoms with Gasteiger partial charge < -0.3 is 5.73 Å². The van der Waals surface area contributed by atoms with Crippen LogP contribution in [0.3, 0.4) is 0 Å². The summed E-state index contributed by atoms with van der Waals surface area (Å²) in [6.45, 7) is 2.75. The van der Waals surface area contributed by atoms with Crippen LogP contribution < -0.4 is 5.73 Å². The van der Waals surface area contributed by atoms with E-state index in [9.17, 15) is 0 Å². The lowest BCUT2D eigenvalue weighted by atomic mass is 10.0. The van der Waals surface area contributed by atoms with E-state index < -0.39 is 0 Å². The van der Waals surface area contributed by atoms with Crippen molar-refractivity contribution < 1.29 is 0 Å². The molecule has 0 aliphatic carbocycles. The molecule has 0 atom stereocenters. The summed E-state index contributed by atoms with van der Waals surface area (Å²) in [7, 11) is 0. The van der Waals surface area contributed by atoms with Gasteiger partial charge >= 0.3 is 0 Å². The maximum Gasteiger partial charge on any atom is 0.0181 e.